The fourth-order valence-electron chi connectivity index (χ4n) is 6.41. The maximum absolute atomic E-state index is 11.6. The molecule has 4 aromatic rings. The largest absolute Gasteiger partial charge is 0.768 e. The number of benzene rings is 2. The van der Waals surface area contributed by atoms with Gasteiger partial charge in [0.15, 0.2) is 0 Å². The molecule has 250 valence electrons. The third-order valence-corrected chi connectivity index (χ3v) is 10.8. The lowest BCUT2D eigenvalue weighted by Crippen LogP contribution is -2.24. The minimum Gasteiger partial charge on any atom is -0.768 e. The zero-order valence-corrected chi connectivity index (χ0v) is 29.1. The molecule has 0 saturated heterocycles. The summed E-state index contributed by atoms with van der Waals surface area (Å²) < 4.78 is 63.9. The maximum Gasteiger partial charge on any atom is 0.294 e. The molecule has 9 nitrogen and oxygen atoms in total. The topological polar surface area (TPSA) is 112 Å². The first kappa shape index (κ1) is 35.7. The van der Waals surface area contributed by atoms with Gasteiger partial charge >= 0.3 is 0 Å². The van der Waals surface area contributed by atoms with Gasteiger partial charge in [-0.25, -0.2) is 18.3 Å². The van der Waals surface area contributed by atoms with E-state index in [9.17, 15) is 21.7 Å². The van der Waals surface area contributed by atoms with E-state index in [-0.39, 0.29) is 10.8 Å². The number of hydrogen-bond acceptors (Lipinski definition) is 4. The summed E-state index contributed by atoms with van der Waals surface area (Å²) in [5.41, 5.74) is 2.25. The Hall–Kier alpha value is -3.12. The van der Waals surface area contributed by atoms with Crippen LogP contribution in [-0.2, 0) is 41.8 Å². The fourth-order valence-corrected chi connectivity index (χ4v) is 7.24. The molecule has 0 aliphatic heterocycles. The fraction of sp³-hybridized carbons (Fsp3) is 0.486. The van der Waals surface area contributed by atoms with E-state index in [0.717, 1.165) is 63.5 Å². The Morgan fingerprint density at radius 1 is 0.826 bits per heavy atom. The van der Waals surface area contributed by atoms with E-state index in [1.165, 1.54) is 17.7 Å². The Morgan fingerprint density at radius 3 is 2.04 bits per heavy atom. The molecule has 2 aromatic carbocycles. The van der Waals surface area contributed by atoms with Gasteiger partial charge in [0.1, 0.15) is 24.8 Å². The highest BCUT2D eigenvalue weighted by atomic mass is 32.2. The van der Waals surface area contributed by atoms with Gasteiger partial charge in [-0.15, -0.1) is 0 Å². The maximum atomic E-state index is 11.6. The zero-order valence-electron chi connectivity index (χ0n) is 27.4. The molecule has 2 heterocycles. The lowest BCUT2D eigenvalue weighted by molar-refractivity contribution is -0.671. The summed E-state index contributed by atoms with van der Waals surface area (Å²) in [5.74, 6) is 1.05. The molecule has 46 heavy (non-hydrogen) atoms. The summed E-state index contributed by atoms with van der Waals surface area (Å²) in [6, 6.07) is 14.3. The third-order valence-electron chi connectivity index (χ3n) is 9.25. The van der Waals surface area contributed by atoms with E-state index < -0.39 is 21.2 Å². The molecule has 0 aliphatic carbocycles. The molecule has 0 spiro atoms. The van der Waals surface area contributed by atoms with Crippen molar-refractivity contribution in [2.24, 2.45) is 20.0 Å². The van der Waals surface area contributed by atoms with Crippen LogP contribution in [-0.4, -0.2) is 30.9 Å². The van der Waals surface area contributed by atoms with E-state index in [1.807, 2.05) is 26.2 Å². The van der Waals surface area contributed by atoms with Crippen LogP contribution in [0, 0.1) is 5.92 Å². The Morgan fingerprint density at radius 2 is 1.46 bits per heavy atom. The van der Waals surface area contributed by atoms with Crippen LogP contribution in [0.25, 0.3) is 0 Å². The molecule has 0 amide bonds. The first-order chi connectivity index (χ1) is 21.9. The molecule has 4 rings (SSSR count). The standard InChI is InChI=1S/C35H48N4O5S2/c1-28(31-13-17-35(18-14-31)46(42,43)44)7-5-9-30(19-20-38-23-21-36(3)26-38)25-33(32-11-15-34(16-12-32)45(40)41)10-6-8-29(2)39-24-22-37(4)27-39/h11-18,21-24,26-30,33H,5-10,19-20,25H2,1-4H3/p+1. The second kappa shape index (κ2) is 16.6. The van der Waals surface area contributed by atoms with Crippen molar-refractivity contribution in [1.29, 1.82) is 0 Å². The summed E-state index contributed by atoms with van der Waals surface area (Å²) in [6.07, 6.45) is 20.9. The molecule has 5 atom stereocenters. The van der Waals surface area contributed by atoms with E-state index in [4.69, 9.17) is 0 Å². The second-order valence-corrected chi connectivity index (χ2v) is 15.3. The minimum atomic E-state index is -4.20. The van der Waals surface area contributed by atoms with Crippen LogP contribution in [0.3, 0.4) is 0 Å². The molecule has 0 aliphatic rings. The van der Waals surface area contributed by atoms with Gasteiger partial charge in [0.05, 0.1) is 31.6 Å². The minimum absolute atomic E-state index is 0.0840. The zero-order chi connectivity index (χ0) is 33.3. The van der Waals surface area contributed by atoms with Crippen LogP contribution in [0.2, 0.25) is 0 Å². The van der Waals surface area contributed by atoms with Crippen LogP contribution in [0.4, 0.5) is 0 Å². The van der Waals surface area contributed by atoms with Gasteiger partial charge in [0.25, 0.3) is 10.1 Å². The van der Waals surface area contributed by atoms with E-state index in [0.29, 0.717) is 22.8 Å². The predicted octanol–water partition coefficient (Wildman–Crippen LogP) is 6.01. The number of imidazole rings is 2. The SMILES string of the molecule is CC(CCCC(CCn1cc[n+](C)c1)CC(CCCC(C)n1cc[n+](C)c1)c1ccc(S(=O)[O-])cc1)c1ccc(S(=O)(=O)O)cc1. The highest BCUT2D eigenvalue weighted by Crippen LogP contribution is 2.35. The average molecular weight is 670 g/mol. The molecular formula is C35H49N4O5S2+. The monoisotopic (exact) mass is 669 g/mol. The number of hydrogen-bond donors (Lipinski definition) is 1. The van der Waals surface area contributed by atoms with Gasteiger partial charge in [-0.05, 0) is 110 Å². The van der Waals surface area contributed by atoms with Crippen molar-refractivity contribution >= 4 is 21.2 Å². The summed E-state index contributed by atoms with van der Waals surface area (Å²) in [4.78, 5) is 0.228. The number of rotatable bonds is 18. The van der Waals surface area contributed by atoms with Crippen molar-refractivity contribution in [3.8, 4) is 0 Å². The van der Waals surface area contributed by atoms with Crippen LogP contribution in [0.5, 0.6) is 0 Å². The third kappa shape index (κ3) is 10.7. The number of nitrogens with zero attached hydrogens (tertiary/aromatic N) is 4. The number of aromatic nitrogens is 4. The number of aryl methyl sites for hydroxylation is 3. The lowest BCUT2D eigenvalue weighted by Gasteiger charge is -2.25. The highest BCUT2D eigenvalue weighted by Gasteiger charge is 2.21. The van der Waals surface area contributed by atoms with Gasteiger partial charge in [-0.1, -0.05) is 44.0 Å². The summed E-state index contributed by atoms with van der Waals surface area (Å²) in [7, 11) is -0.141. The molecule has 2 aromatic heterocycles. The van der Waals surface area contributed by atoms with Crippen LogP contribution < -0.4 is 9.13 Å². The Bertz CT molecular complexity index is 1650. The van der Waals surface area contributed by atoms with E-state index in [2.05, 4.69) is 69.6 Å². The first-order valence-corrected chi connectivity index (χ1v) is 18.7. The normalized spacial score (nSPS) is 15.3. The first-order valence-electron chi connectivity index (χ1n) is 16.2. The molecular weight excluding hydrogens is 621 g/mol. The molecule has 1 N–H and O–H groups in total. The quantitative estimate of drug-likeness (QED) is 0.0793. The van der Waals surface area contributed by atoms with Crippen molar-refractivity contribution in [3.63, 3.8) is 0 Å². The highest BCUT2D eigenvalue weighted by molar-refractivity contribution is 7.85. The van der Waals surface area contributed by atoms with Gasteiger partial charge < -0.3 is 4.55 Å². The second-order valence-electron chi connectivity index (χ2n) is 12.9. The van der Waals surface area contributed by atoms with E-state index in [1.54, 1.807) is 24.3 Å². The Kier molecular flexibility index (Phi) is 12.9. The van der Waals surface area contributed by atoms with Gasteiger partial charge in [0, 0.05) is 4.90 Å². The smallest absolute Gasteiger partial charge is 0.294 e. The summed E-state index contributed by atoms with van der Waals surface area (Å²) >= 11 is -2.25. The molecule has 0 fully saturated rings. The van der Waals surface area contributed by atoms with Gasteiger partial charge in [-0.2, -0.15) is 8.42 Å². The molecule has 11 heteroatoms. The van der Waals surface area contributed by atoms with Crippen molar-refractivity contribution in [1.82, 2.24) is 9.13 Å². The summed E-state index contributed by atoms with van der Waals surface area (Å²) in [5, 5.41) is 0. The van der Waals surface area contributed by atoms with Gasteiger partial charge in [-0.3, -0.25) is 8.76 Å². The van der Waals surface area contributed by atoms with Crippen molar-refractivity contribution in [3.05, 3.63) is 97.1 Å². The average Bonchev–Trinajstić information content (AvgIpc) is 3.66. The van der Waals surface area contributed by atoms with Crippen LogP contribution in [0.1, 0.15) is 94.2 Å². The van der Waals surface area contributed by atoms with Crippen molar-refractivity contribution < 1.29 is 30.9 Å². The van der Waals surface area contributed by atoms with Crippen LogP contribution >= 0.6 is 0 Å². The van der Waals surface area contributed by atoms with Gasteiger partial charge in [0.2, 0.25) is 12.7 Å². The molecule has 0 radical (unpaired) electrons. The van der Waals surface area contributed by atoms with Crippen molar-refractivity contribution in [2.75, 3.05) is 0 Å². The lowest BCUT2D eigenvalue weighted by atomic mass is 9.81. The summed E-state index contributed by atoms with van der Waals surface area (Å²) in [6.45, 7) is 5.35. The molecule has 0 bridgehead atoms. The molecule has 5 unspecified atom stereocenters. The van der Waals surface area contributed by atoms with Crippen molar-refractivity contribution in [2.45, 2.75) is 99.4 Å². The Balaban J connectivity index is 1.45. The predicted molar refractivity (Wildman–Crippen MR) is 177 cm³/mol. The van der Waals surface area contributed by atoms with E-state index >= 15 is 0 Å². The van der Waals surface area contributed by atoms with Crippen LogP contribution in [0.15, 0.2) is 95.8 Å². The molecule has 0 saturated carbocycles. The Labute approximate surface area is 277 Å².